The molecule has 0 bridgehead atoms. The maximum absolute atomic E-state index is 11.8. The lowest BCUT2D eigenvalue weighted by atomic mass is 9.47. The molecule has 0 aromatic rings. The van der Waals surface area contributed by atoms with E-state index in [1.54, 1.807) is 0 Å². The van der Waals surface area contributed by atoms with Crippen molar-refractivity contribution < 1.29 is 4.79 Å². The Hall–Kier alpha value is -1.29. The van der Waals surface area contributed by atoms with Gasteiger partial charge < -0.3 is 0 Å². The monoisotopic (exact) mass is 294 g/mol. The minimum absolute atomic E-state index is 0.248. The van der Waals surface area contributed by atoms with Crippen LogP contribution in [-0.4, -0.2) is 5.78 Å². The van der Waals surface area contributed by atoms with Crippen molar-refractivity contribution in [2.75, 3.05) is 0 Å². The highest BCUT2D eigenvalue weighted by atomic mass is 16.1. The van der Waals surface area contributed by atoms with Crippen molar-refractivity contribution >= 4 is 5.78 Å². The molecule has 0 amide bonds. The number of carbonyl (C=O) groups is 1. The Morgan fingerprint density at radius 3 is 2.73 bits per heavy atom. The third-order valence-electron chi connectivity index (χ3n) is 7.70. The summed E-state index contributed by atoms with van der Waals surface area (Å²) in [6, 6.07) is 0. The van der Waals surface area contributed by atoms with Gasteiger partial charge >= 0.3 is 0 Å². The number of fused-ring (bicyclic) bond motifs is 5. The van der Waals surface area contributed by atoms with E-state index in [-0.39, 0.29) is 10.8 Å². The third kappa shape index (κ3) is 1.70. The minimum Gasteiger partial charge on any atom is -0.295 e. The van der Waals surface area contributed by atoms with Crippen molar-refractivity contribution in [2.45, 2.75) is 58.8 Å². The topological polar surface area (TPSA) is 17.1 Å². The highest BCUT2D eigenvalue weighted by Crippen LogP contribution is 2.65. The van der Waals surface area contributed by atoms with Crippen molar-refractivity contribution in [3.05, 3.63) is 23.3 Å². The summed E-state index contributed by atoms with van der Waals surface area (Å²) in [6.07, 6.45) is 18.0. The molecular formula is C21H26O. The van der Waals surface area contributed by atoms with Crippen LogP contribution in [-0.2, 0) is 4.79 Å². The zero-order valence-corrected chi connectivity index (χ0v) is 13.8. The Labute approximate surface area is 134 Å². The van der Waals surface area contributed by atoms with Crippen LogP contribution in [0.1, 0.15) is 58.8 Å². The smallest absolute Gasteiger partial charge is 0.155 e. The summed E-state index contributed by atoms with van der Waals surface area (Å²) in [5.41, 5.74) is 3.24. The number of rotatable bonds is 0. The summed E-state index contributed by atoms with van der Waals surface area (Å²) in [5.74, 6) is 5.60. The van der Waals surface area contributed by atoms with Crippen molar-refractivity contribution in [1.82, 2.24) is 0 Å². The van der Waals surface area contributed by atoms with Gasteiger partial charge in [-0.15, -0.1) is 6.42 Å². The molecule has 0 radical (unpaired) electrons. The minimum atomic E-state index is 0.248. The van der Waals surface area contributed by atoms with E-state index in [9.17, 15) is 4.79 Å². The van der Waals surface area contributed by atoms with Crippen LogP contribution in [0.15, 0.2) is 23.3 Å². The fourth-order valence-corrected chi connectivity index (χ4v) is 6.35. The first-order valence-corrected chi connectivity index (χ1v) is 8.90. The van der Waals surface area contributed by atoms with Gasteiger partial charge in [0.05, 0.1) is 0 Å². The van der Waals surface area contributed by atoms with Gasteiger partial charge in [0.25, 0.3) is 0 Å². The average Bonchev–Trinajstić information content (AvgIpc) is 2.84. The Kier molecular flexibility index (Phi) is 3.00. The van der Waals surface area contributed by atoms with Gasteiger partial charge in [-0.25, -0.2) is 0 Å². The average molecular weight is 294 g/mol. The van der Waals surface area contributed by atoms with Crippen LogP contribution in [0, 0.1) is 40.9 Å². The zero-order valence-electron chi connectivity index (χ0n) is 13.8. The number of allylic oxidation sites excluding steroid dienone is 4. The summed E-state index contributed by atoms with van der Waals surface area (Å²) in [7, 11) is 0. The number of ketones is 1. The lowest BCUT2D eigenvalue weighted by Gasteiger charge is -2.57. The fraction of sp³-hybridized carbons (Fsp3) is 0.667. The second-order valence-corrected chi connectivity index (χ2v) is 8.42. The van der Waals surface area contributed by atoms with E-state index in [4.69, 9.17) is 6.42 Å². The van der Waals surface area contributed by atoms with Gasteiger partial charge in [-0.2, -0.15) is 0 Å². The van der Waals surface area contributed by atoms with Crippen LogP contribution in [0.3, 0.4) is 0 Å². The molecule has 0 aliphatic heterocycles. The van der Waals surface area contributed by atoms with Crippen molar-refractivity contribution in [3.8, 4) is 12.3 Å². The second-order valence-electron chi connectivity index (χ2n) is 8.42. The summed E-state index contributed by atoms with van der Waals surface area (Å²) in [5, 5.41) is 0. The van der Waals surface area contributed by atoms with E-state index in [0.29, 0.717) is 5.78 Å². The molecule has 3 unspecified atom stereocenters. The standard InChI is InChI=1S/C21H26O/c1-4-14-6-8-18-17-7-5-15-13-16(22)9-11-21(15,3)19(17)10-12-20(14,18)2/h1,6,13,17-19H,5,7-12H2,2-3H3/t17?,18?,19?,20-,21+/m1/s1. The van der Waals surface area contributed by atoms with Crippen molar-refractivity contribution in [2.24, 2.45) is 28.6 Å². The van der Waals surface area contributed by atoms with Gasteiger partial charge in [-0.3, -0.25) is 4.79 Å². The van der Waals surface area contributed by atoms with Crippen LogP contribution in [0.2, 0.25) is 0 Å². The van der Waals surface area contributed by atoms with Crippen LogP contribution in [0.4, 0.5) is 0 Å². The Balaban J connectivity index is 1.69. The molecular weight excluding hydrogens is 268 g/mol. The molecule has 0 heterocycles. The van der Waals surface area contributed by atoms with Gasteiger partial charge in [0, 0.05) is 17.4 Å². The molecule has 1 nitrogen and oxygen atoms in total. The van der Waals surface area contributed by atoms with E-state index in [0.717, 1.165) is 37.0 Å². The van der Waals surface area contributed by atoms with E-state index in [1.165, 1.54) is 36.8 Å². The summed E-state index contributed by atoms with van der Waals surface area (Å²) < 4.78 is 0. The summed E-state index contributed by atoms with van der Waals surface area (Å²) >= 11 is 0. The first kappa shape index (κ1) is 14.3. The Morgan fingerprint density at radius 2 is 1.95 bits per heavy atom. The maximum Gasteiger partial charge on any atom is 0.155 e. The molecule has 4 aliphatic carbocycles. The molecule has 22 heavy (non-hydrogen) atoms. The normalized spacial score (nSPS) is 46.8. The van der Waals surface area contributed by atoms with Gasteiger partial charge in [0.1, 0.15) is 0 Å². The molecule has 0 spiro atoms. The second kappa shape index (κ2) is 4.60. The molecule has 4 rings (SSSR count). The Morgan fingerprint density at radius 1 is 1.14 bits per heavy atom. The van der Waals surface area contributed by atoms with Crippen LogP contribution < -0.4 is 0 Å². The molecule has 4 aliphatic rings. The first-order chi connectivity index (χ1) is 10.5. The molecule has 0 aromatic carbocycles. The molecule has 5 atom stereocenters. The predicted octanol–water partition coefficient (Wildman–Crippen LogP) is 4.69. The van der Waals surface area contributed by atoms with Crippen molar-refractivity contribution in [3.63, 3.8) is 0 Å². The Bertz CT molecular complexity index is 631. The van der Waals surface area contributed by atoms with Gasteiger partial charge in [0.15, 0.2) is 5.78 Å². The van der Waals surface area contributed by atoms with Gasteiger partial charge in [-0.1, -0.05) is 31.4 Å². The quantitative estimate of drug-likeness (QED) is 0.592. The zero-order chi connectivity index (χ0) is 15.5. The molecule has 2 saturated carbocycles. The highest BCUT2D eigenvalue weighted by molar-refractivity contribution is 5.91. The van der Waals surface area contributed by atoms with Crippen molar-refractivity contribution in [1.29, 1.82) is 0 Å². The predicted molar refractivity (Wildman–Crippen MR) is 89.0 cm³/mol. The molecule has 116 valence electrons. The third-order valence-corrected chi connectivity index (χ3v) is 7.70. The first-order valence-electron chi connectivity index (χ1n) is 8.90. The van der Waals surface area contributed by atoms with Gasteiger partial charge in [-0.05, 0) is 67.8 Å². The number of hydrogen-bond donors (Lipinski definition) is 0. The fourth-order valence-electron chi connectivity index (χ4n) is 6.35. The molecule has 0 aromatic heterocycles. The number of terminal acetylenes is 1. The van der Waals surface area contributed by atoms with E-state index in [1.807, 2.05) is 6.08 Å². The highest BCUT2D eigenvalue weighted by Gasteiger charge is 2.56. The lowest BCUT2D eigenvalue weighted by Crippen LogP contribution is -2.50. The molecule has 0 saturated heterocycles. The van der Waals surface area contributed by atoms with Crippen LogP contribution in [0.25, 0.3) is 0 Å². The maximum atomic E-state index is 11.8. The van der Waals surface area contributed by atoms with Gasteiger partial charge in [0.2, 0.25) is 0 Å². The summed E-state index contributed by atoms with van der Waals surface area (Å²) in [6.45, 7) is 4.85. The summed E-state index contributed by atoms with van der Waals surface area (Å²) in [4.78, 5) is 11.8. The largest absolute Gasteiger partial charge is 0.295 e. The number of hydrogen-bond acceptors (Lipinski definition) is 1. The SMILES string of the molecule is C#CC1=CCC2C3CCC4=CC(=O)CC[C@]4(C)C3CC[C@]12C. The van der Waals surface area contributed by atoms with Crippen LogP contribution >= 0.6 is 0 Å². The number of carbonyl (C=O) groups excluding carboxylic acids is 1. The molecule has 0 N–H and O–H groups in total. The van der Waals surface area contributed by atoms with Crippen LogP contribution in [0.5, 0.6) is 0 Å². The van der Waals surface area contributed by atoms with E-state index < -0.39 is 0 Å². The lowest BCUT2D eigenvalue weighted by molar-refractivity contribution is -0.117. The van der Waals surface area contributed by atoms with E-state index in [2.05, 4.69) is 25.8 Å². The molecule has 2 fully saturated rings. The molecule has 1 heteroatoms. The van der Waals surface area contributed by atoms with E-state index >= 15 is 0 Å².